The van der Waals surface area contributed by atoms with Gasteiger partial charge in [0.1, 0.15) is 24.2 Å². The van der Waals surface area contributed by atoms with Crippen LogP contribution in [-0.4, -0.2) is 39.5 Å². The third-order valence-electron chi connectivity index (χ3n) is 4.71. The summed E-state index contributed by atoms with van der Waals surface area (Å²) in [6.07, 6.45) is 4.58. The lowest BCUT2D eigenvalue weighted by Gasteiger charge is -2.16. The molecule has 0 aliphatic rings. The fourth-order valence-electron chi connectivity index (χ4n) is 3.30. The Balaban J connectivity index is 1.55. The fourth-order valence-corrected chi connectivity index (χ4v) is 3.30. The summed E-state index contributed by atoms with van der Waals surface area (Å²) in [5.74, 6) is 1.36. The number of hydrogen-bond donors (Lipinski definition) is 1. The average molecular weight is 401 g/mol. The second-order valence-corrected chi connectivity index (χ2v) is 6.85. The molecule has 0 unspecified atom stereocenters. The minimum absolute atomic E-state index is 0.151. The van der Waals surface area contributed by atoms with Gasteiger partial charge in [0.2, 0.25) is 0 Å². The summed E-state index contributed by atoms with van der Waals surface area (Å²) in [5.41, 5.74) is 3.71. The summed E-state index contributed by atoms with van der Waals surface area (Å²) in [6, 6.07) is 21.2. The molecule has 6 nitrogen and oxygen atoms in total. The van der Waals surface area contributed by atoms with Crippen molar-refractivity contribution in [2.75, 3.05) is 13.7 Å². The number of rotatable bonds is 8. The summed E-state index contributed by atoms with van der Waals surface area (Å²) in [6.45, 7) is 0.493. The van der Waals surface area contributed by atoms with Crippen molar-refractivity contribution in [3.63, 3.8) is 0 Å². The van der Waals surface area contributed by atoms with E-state index >= 15 is 0 Å². The molecule has 6 heteroatoms. The molecular formula is C24H23N3O3. The van der Waals surface area contributed by atoms with Crippen LogP contribution >= 0.6 is 0 Å². The van der Waals surface area contributed by atoms with Crippen LogP contribution in [0.1, 0.15) is 0 Å². The zero-order chi connectivity index (χ0) is 20.8. The van der Waals surface area contributed by atoms with Gasteiger partial charge >= 0.3 is 0 Å². The Labute approximate surface area is 175 Å². The lowest BCUT2D eigenvalue weighted by Crippen LogP contribution is -2.23. The number of ether oxygens (including phenoxy) is 2. The van der Waals surface area contributed by atoms with E-state index in [1.54, 1.807) is 31.9 Å². The molecule has 0 aliphatic carbocycles. The molecule has 0 bridgehead atoms. The summed E-state index contributed by atoms with van der Waals surface area (Å²) in [4.78, 5) is 8.87. The van der Waals surface area contributed by atoms with Gasteiger partial charge in [0.15, 0.2) is 0 Å². The first-order valence-electron chi connectivity index (χ1n) is 9.70. The van der Waals surface area contributed by atoms with Crippen LogP contribution in [0.25, 0.3) is 22.5 Å². The summed E-state index contributed by atoms with van der Waals surface area (Å²) in [7, 11) is 1.61. The Morgan fingerprint density at radius 1 is 0.967 bits per heavy atom. The molecule has 2 aromatic carbocycles. The normalized spacial score (nSPS) is 11.8. The summed E-state index contributed by atoms with van der Waals surface area (Å²) in [5, 5.41) is 10.6. The topological polar surface area (TPSA) is 69.4 Å². The molecule has 0 fully saturated rings. The van der Waals surface area contributed by atoms with Gasteiger partial charge in [-0.2, -0.15) is 0 Å². The number of pyridine rings is 1. The van der Waals surface area contributed by atoms with E-state index in [1.807, 2.05) is 65.2 Å². The number of benzene rings is 2. The SMILES string of the molecule is COc1cccc(OC[C@@H](O)Cn2cnc(-c3ccccc3)c2-c2cccnc2)c1. The van der Waals surface area contributed by atoms with Crippen LogP contribution < -0.4 is 9.47 Å². The lowest BCUT2D eigenvalue weighted by atomic mass is 10.1. The fraction of sp³-hybridized carbons (Fsp3) is 0.167. The Bertz CT molecular complexity index is 1080. The molecule has 30 heavy (non-hydrogen) atoms. The highest BCUT2D eigenvalue weighted by Crippen LogP contribution is 2.31. The Kier molecular flexibility index (Phi) is 6.06. The van der Waals surface area contributed by atoms with Gasteiger partial charge in [0, 0.05) is 29.6 Å². The van der Waals surface area contributed by atoms with Crippen molar-refractivity contribution in [3.05, 3.63) is 85.5 Å². The quantitative estimate of drug-likeness (QED) is 0.482. The van der Waals surface area contributed by atoms with Crippen molar-refractivity contribution in [2.45, 2.75) is 12.6 Å². The minimum atomic E-state index is -0.718. The number of hydrogen-bond acceptors (Lipinski definition) is 5. The summed E-state index contributed by atoms with van der Waals surface area (Å²) >= 11 is 0. The zero-order valence-corrected chi connectivity index (χ0v) is 16.7. The maximum Gasteiger partial charge on any atom is 0.123 e. The minimum Gasteiger partial charge on any atom is -0.497 e. The van der Waals surface area contributed by atoms with Gasteiger partial charge in [-0.05, 0) is 24.3 Å². The van der Waals surface area contributed by atoms with Crippen molar-refractivity contribution in [1.82, 2.24) is 14.5 Å². The number of aliphatic hydroxyl groups is 1. The molecule has 4 aromatic rings. The molecule has 1 N–H and O–H groups in total. The molecule has 0 saturated heterocycles. The Morgan fingerprint density at radius 3 is 2.53 bits per heavy atom. The number of aromatic nitrogens is 3. The third kappa shape index (κ3) is 4.50. The Morgan fingerprint density at radius 2 is 1.77 bits per heavy atom. The van der Waals surface area contributed by atoms with E-state index in [2.05, 4.69) is 9.97 Å². The Hall–Kier alpha value is -3.64. The van der Waals surface area contributed by atoms with Crippen LogP contribution in [0.5, 0.6) is 11.5 Å². The predicted octanol–water partition coefficient (Wildman–Crippen LogP) is 4.06. The van der Waals surface area contributed by atoms with Crippen LogP contribution in [0, 0.1) is 0 Å². The third-order valence-corrected chi connectivity index (χ3v) is 4.71. The first-order chi connectivity index (χ1) is 14.7. The first-order valence-corrected chi connectivity index (χ1v) is 9.70. The maximum absolute atomic E-state index is 10.6. The molecular weight excluding hydrogens is 378 g/mol. The van der Waals surface area contributed by atoms with Crippen LogP contribution in [0.15, 0.2) is 85.5 Å². The van der Waals surface area contributed by atoms with E-state index in [-0.39, 0.29) is 6.61 Å². The molecule has 0 radical (unpaired) electrons. The highest BCUT2D eigenvalue weighted by atomic mass is 16.5. The highest BCUT2D eigenvalue weighted by Gasteiger charge is 2.17. The van der Waals surface area contributed by atoms with Gasteiger partial charge in [-0.15, -0.1) is 0 Å². The highest BCUT2D eigenvalue weighted by molar-refractivity contribution is 5.78. The van der Waals surface area contributed by atoms with Crippen molar-refractivity contribution >= 4 is 0 Å². The van der Waals surface area contributed by atoms with Gasteiger partial charge in [0.05, 0.1) is 31.4 Å². The second kappa shape index (κ2) is 9.24. The van der Waals surface area contributed by atoms with E-state index in [9.17, 15) is 5.11 Å². The maximum atomic E-state index is 10.6. The molecule has 0 spiro atoms. The lowest BCUT2D eigenvalue weighted by molar-refractivity contribution is 0.0927. The van der Waals surface area contributed by atoms with Gasteiger partial charge in [-0.1, -0.05) is 36.4 Å². The van der Waals surface area contributed by atoms with Crippen LogP contribution in [-0.2, 0) is 6.54 Å². The van der Waals surface area contributed by atoms with Crippen LogP contribution in [0.3, 0.4) is 0 Å². The smallest absolute Gasteiger partial charge is 0.123 e. The number of methoxy groups -OCH3 is 1. The van der Waals surface area contributed by atoms with E-state index in [0.29, 0.717) is 18.0 Å². The van der Waals surface area contributed by atoms with E-state index < -0.39 is 6.10 Å². The predicted molar refractivity (Wildman–Crippen MR) is 115 cm³/mol. The molecule has 2 aromatic heterocycles. The number of imidazole rings is 1. The number of nitrogens with zero attached hydrogens (tertiary/aromatic N) is 3. The molecule has 4 rings (SSSR count). The monoisotopic (exact) mass is 401 g/mol. The molecule has 0 amide bonds. The zero-order valence-electron chi connectivity index (χ0n) is 16.7. The first kappa shape index (κ1) is 19.7. The van der Waals surface area contributed by atoms with Crippen molar-refractivity contribution in [3.8, 4) is 34.0 Å². The second-order valence-electron chi connectivity index (χ2n) is 6.85. The molecule has 1 atom stereocenters. The van der Waals surface area contributed by atoms with Gasteiger partial charge in [-0.25, -0.2) is 4.98 Å². The largest absolute Gasteiger partial charge is 0.497 e. The van der Waals surface area contributed by atoms with E-state index in [4.69, 9.17) is 9.47 Å². The molecule has 152 valence electrons. The van der Waals surface area contributed by atoms with Crippen molar-refractivity contribution in [2.24, 2.45) is 0 Å². The molecule has 2 heterocycles. The van der Waals surface area contributed by atoms with Crippen molar-refractivity contribution < 1.29 is 14.6 Å². The standard InChI is InChI=1S/C24H23N3O3/c1-29-21-10-5-11-22(13-21)30-16-20(28)15-27-17-26-23(18-7-3-2-4-8-18)24(27)19-9-6-12-25-14-19/h2-14,17,20,28H,15-16H2,1H3/t20-/m0/s1. The van der Waals surface area contributed by atoms with E-state index in [0.717, 1.165) is 22.5 Å². The van der Waals surface area contributed by atoms with Gasteiger partial charge < -0.3 is 19.1 Å². The molecule has 0 aliphatic heterocycles. The average Bonchev–Trinajstić information content (AvgIpc) is 3.22. The summed E-state index contributed by atoms with van der Waals surface area (Å²) < 4.78 is 12.9. The van der Waals surface area contributed by atoms with Crippen LogP contribution in [0.4, 0.5) is 0 Å². The van der Waals surface area contributed by atoms with Gasteiger partial charge in [-0.3, -0.25) is 4.98 Å². The number of aliphatic hydroxyl groups excluding tert-OH is 1. The molecule has 0 saturated carbocycles. The van der Waals surface area contributed by atoms with Gasteiger partial charge in [0.25, 0.3) is 0 Å². The van der Waals surface area contributed by atoms with Crippen LogP contribution in [0.2, 0.25) is 0 Å². The van der Waals surface area contributed by atoms with Crippen molar-refractivity contribution in [1.29, 1.82) is 0 Å². The van der Waals surface area contributed by atoms with E-state index in [1.165, 1.54) is 0 Å².